The highest BCUT2D eigenvalue weighted by molar-refractivity contribution is 5.78. The van der Waals surface area contributed by atoms with Gasteiger partial charge in [-0.25, -0.2) is 4.98 Å². The Balaban J connectivity index is 1.41. The first-order chi connectivity index (χ1) is 11.7. The van der Waals surface area contributed by atoms with E-state index in [9.17, 15) is 4.79 Å². The molecular formula is C19H30N4O. The molecule has 2 fully saturated rings. The summed E-state index contributed by atoms with van der Waals surface area (Å²) >= 11 is 0. The van der Waals surface area contributed by atoms with E-state index in [0.29, 0.717) is 18.4 Å². The average molecular weight is 330 g/mol. The molecule has 1 amide bonds. The molecule has 2 saturated heterocycles. The molecule has 0 radical (unpaired) electrons. The van der Waals surface area contributed by atoms with Crippen LogP contribution in [0.5, 0.6) is 0 Å². The lowest BCUT2D eigenvalue weighted by Gasteiger charge is -2.24. The molecule has 132 valence electrons. The van der Waals surface area contributed by atoms with Crippen molar-refractivity contribution < 1.29 is 4.79 Å². The smallest absolute Gasteiger partial charge is 0.236 e. The summed E-state index contributed by atoms with van der Waals surface area (Å²) < 4.78 is 0. The molecule has 2 aliphatic heterocycles. The van der Waals surface area contributed by atoms with Crippen LogP contribution in [0.4, 0.5) is 5.82 Å². The minimum absolute atomic E-state index is 0.325. The second-order valence-electron chi connectivity index (χ2n) is 7.28. The molecule has 0 aromatic carbocycles. The van der Waals surface area contributed by atoms with Gasteiger partial charge in [-0.2, -0.15) is 0 Å². The molecule has 0 unspecified atom stereocenters. The van der Waals surface area contributed by atoms with Crippen molar-refractivity contribution >= 4 is 11.7 Å². The Morgan fingerprint density at radius 1 is 1.25 bits per heavy atom. The maximum absolute atomic E-state index is 12.5. The van der Waals surface area contributed by atoms with E-state index in [0.717, 1.165) is 45.0 Å². The van der Waals surface area contributed by atoms with Crippen molar-refractivity contribution in [2.75, 3.05) is 44.6 Å². The van der Waals surface area contributed by atoms with Gasteiger partial charge in [0.25, 0.3) is 0 Å². The Morgan fingerprint density at radius 3 is 2.79 bits per heavy atom. The number of aromatic nitrogens is 1. The molecule has 5 nitrogen and oxygen atoms in total. The molecule has 1 atom stereocenters. The first-order valence-electron chi connectivity index (χ1n) is 9.37. The topological polar surface area (TPSA) is 48.5 Å². The van der Waals surface area contributed by atoms with Crippen molar-refractivity contribution in [2.24, 2.45) is 5.92 Å². The van der Waals surface area contributed by atoms with Crippen LogP contribution in [0.15, 0.2) is 18.3 Å². The summed E-state index contributed by atoms with van der Waals surface area (Å²) in [5, 5.41) is 3.44. The zero-order valence-electron chi connectivity index (χ0n) is 14.8. The Hall–Kier alpha value is -1.62. The Bertz CT molecular complexity index is 540. The predicted molar refractivity (Wildman–Crippen MR) is 97.1 cm³/mol. The molecule has 3 rings (SSSR count). The van der Waals surface area contributed by atoms with Crippen LogP contribution >= 0.6 is 0 Å². The Morgan fingerprint density at radius 2 is 2.04 bits per heavy atom. The minimum atomic E-state index is 0.325. The fourth-order valence-corrected chi connectivity index (χ4v) is 3.72. The molecule has 0 saturated carbocycles. The van der Waals surface area contributed by atoms with Crippen LogP contribution in [0.3, 0.4) is 0 Å². The zero-order chi connectivity index (χ0) is 16.8. The third-order valence-electron chi connectivity index (χ3n) is 5.17. The molecule has 0 bridgehead atoms. The molecule has 1 aromatic heterocycles. The number of nitrogens with zero attached hydrogens (tertiary/aromatic N) is 3. The highest BCUT2D eigenvalue weighted by atomic mass is 16.2. The fourth-order valence-electron chi connectivity index (χ4n) is 3.72. The fraction of sp³-hybridized carbons (Fsp3) is 0.684. The number of amides is 1. The SMILES string of the molecule is Cc1ccnc(NC[C@H]2CCN(CC(=O)N3CCCCCC3)C2)c1. The number of likely N-dealkylation sites (tertiary alicyclic amines) is 2. The second kappa shape index (κ2) is 8.47. The van der Waals surface area contributed by atoms with E-state index < -0.39 is 0 Å². The lowest BCUT2D eigenvalue weighted by Crippen LogP contribution is -2.40. The van der Waals surface area contributed by atoms with E-state index >= 15 is 0 Å². The van der Waals surface area contributed by atoms with E-state index in [1.54, 1.807) is 0 Å². The van der Waals surface area contributed by atoms with E-state index in [4.69, 9.17) is 0 Å². The first-order valence-corrected chi connectivity index (χ1v) is 9.37. The van der Waals surface area contributed by atoms with Crippen molar-refractivity contribution in [3.8, 4) is 0 Å². The Labute approximate surface area is 145 Å². The second-order valence-corrected chi connectivity index (χ2v) is 7.28. The van der Waals surface area contributed by atoms with Gasteiger partial charge in [0.15, 0.2) is 0 Å². The van der Waals surface area contributed by atoms with Crippen molar-refractivity contribution in [3.05, 3.63) is 23.9 Å². The van der Waals surface area contributed by atoms with E-state index in [1.165, 1.54) is 31.2 Å². The van der Waals surface area contributed by atoms with E-state index in [2.05, 4.69) is 33.1 Å². The third-order valence-corrected chi connectivity index (χ3v) is 5.17. The van der Waals surface area contributed by atoms with Crippen LogP contribution in [0.25, 0.3) is 0 Å². The molecule has 24 heavy (non-hydrogen) atoms. The van der Waals surface area contributed by atoms with Crippen LogP contribution < -0.4 is 5.32 Å². The standard InChI is InChI=1S/C19H30N4O/c1-16-6-8-20-18(12-16)21-13-17-7-11-22(14-17)15-19(24)23-9-4-2-3-5-10-23/h6,8,12,17H,2-5,7,9-11,13-15H2,1H3,(H,20,21)/t17-/m1/s1. The van der Waals surface area contributed by atoms with E-state index in [-0.39, 0.29) is 0 Å². The molecule has 5 heteroatoms. The summed E-state index contributed by atoms with van der Waals surface area (Å²) in [4.78, 5) is 21.2. The zero-order valence-corrected chi connectivity index (χ0v) is 14.8. The molecule has 0 spiro atoms. The summed E-state index contributed by atoms with van der Waals surface area (Å²) in [5.41, 5.74) is 1.23. The number of rotatable bonds is 5. The van der Waals surface area contributed by atoms with Gasteiger partial charge in [-0.15, -0.1) is 0 Å². The van der Waals surface area contributed by atoms with Gasteiger partial charge >= 0.3 is 0 Å². The van der Waals surface area contributed by atoms with Gasteiger partial charge in [-0.3, -0.25) is 9.69 Å². The highest BCUT2D eigenvalue weighted by Gasteiger charge is 2.26. The van der Waals surface area contributed by atoms with Crippen molar-refractivity contribution in [1.29, 1.82) is 0 Å². The largest absolute Gasteiger partial charge is 0.370 e. The molecule has 2 aliphatic rings. The third kappa shape index (κ3) is 4.94. The molecule has 0 aliphatic carbocycles. The molecular weight excluding hydrogens is 300 g/mol. The normalized spacial score (nSPS) is 22.4. The summed E-state index contributed by atoms with van der Waals surface area (Å²) in [6.45, 7) is 7.57. The summed E-state index contributed by atoms with van der Waals surface area (Å²) in [6.07, 6.45) is 7.89. The van der Waals surface area contributed by atoms with Crippen LogP contribution in [0, 0.1) is 12.8 Å². The quantitative estimate of drug-likeness (QED) is 0.901. The molecule has 1 aromatic rings. The van der Waals surface area contributed by atoms with Gasteiger partial charge < -0.3 is 10.2 Å². The van der Waals surface area contributed by atoms with Gasteiger partial charge in [0.1, 0.15) is 5.82 Å². The number of anilines is 1. The van der Waals surface area contributed by atoms with Gasteiger partial charge in [0, 0.05) is 32.4 Å². The summed E-state index contributed by atoms with van der Waals surface area (Å²) in [6, 6.07) is 4.09. The maximum atomic E-state index is 12.5. The summed E-state index contributed by atoms with van der Waals surface area (Å²) in [5.74, 6) is 1.88. The van der Waals surface area contributed by atoms with Crippen LogP contribution in [0.1, 0.15) is 37.7 Å². The number of nitrogens with one attached hydrogen (secondary N) is 1. The lowest BCUT2D eigenvalue weighted by atomic mass is 10.1. The predicted octanol–water partition coefficient (Wildman–Crippen LogP) is 2.53. The van der Waals surface area contributed by atoms with Gasteiger partial charge in [0.2, 0.25) is 5.91 Å². The summed E-state index contributed by atoms with van der Waals surface area (Å²) in [7, 11) is 0. The molecule has 1 N–H and O–H groups in total. The van der Waals surface area contributed by atoms with Crippen LogP contribution in [-0.2, 0) is 4.79 Å². The maximum Gasteiger partial charge on any atom is 0.236 e. The van der Waals surface area contributed by atoms with Gasteiger partial charge in [-0.1, -0.05) is 12.8 Å². The number of hydrogen-bond acceptors (Lipinski definition) is 4. The minimum Gasteiger partial charge on any atom is -0.370 e. The Kier molecular flexibility index (Phi) is 6.07. The molecule has 3 heterocycles. The highest BCUT2D eigenvalue weighted by Crippen LogP contribution is 2.18. The average Bonchev–Trinajstić information content (AvgIpc) is 2.83. The van der Waals surface area contributed by atoms with Crippen LogP contribution in [-0.4, -0.2) is 60.0 Å². The lowest BCUT2D eigenvalue weighted by molar-refractivity contribution is -0.132. The number of carbonyl (C=O) groups excluding carboxylic acids is 1. The number of pyridine rings is 1. The first kappa shape index (κ1) is 17.2. The van der Waals surface area contributed by atoms with Crippen molar-refractivity contribution in [3.63, 3.8) is 0 Å². The van der Waals surface area contributed by atoms with Crippen molar-refractivity contribution in [1.82, 2.24) is 14.8 Å². The monoisotopic (exact) mass is 330 g/mol. The number of hydrogen-bond donors (Lipinski definition) is 1. The van der Waals surface area contributed by atoms with Crippen LogP contribution in [0.2, 0.25) is 0 Å². The van der Waals surface area contributed by atoms with Gasteiger partial charge in [0.05, 0.1) is 6.54 Å². The number of carbonyl (C=O) groups is 1. The van der Waals surface area contributed by atoms with Gasteiger partial charge in [-0.05, 0) is 56.3 Å². The van der Waals surface area contributed by atoms with Crippen molar-refractivity contribution in [2.45, 2.75) is 39.0 Å². The number of aryl methyl sites for hydroxylation is 1. The van der Waals surface area contributed by atoms with E-state index in [1.807, 2.05) is 12.3 Å².